The average molecular weight is 183 g/mol. The van der Waals surface area contributed by atoms with E-state index in [9.17, 15) is 0 Å². The van der Waals surface area contributed by atoms with Gasteiger partial charge in [0.05, 0.1) is 0 Å². The zero-order chi connectivity index (χ0) is 9.54. The van der Waals surface area contributed by atoms with Crippen molar-refractivity contribution in [3.8, 4) is 0 Å². The minimum Gasteiger partial charge on any atom is -0.221 e. The molecule has 2 heterocycles. The van der Waals surface area contributed by atoms with Crippen LogP contribution in [0.15, 0.2) is 36.8 Å². The van der Waals surface area contributed by atoms with E-state index < -0.39 is 0 Å². The molecule has 0 unspecified atom stereocenters. The maximum atomic E-state index is 4.23. The maximum absolute atomic E-state index is 4.23. The molecule has 3 heteroatoms. The van der Waals surface area contributed by atoms with Crippen LogP contribution in [0.5, 0.6) is 0 Å². The third-order valence-corrected chi connectivity index (χ3v) is 2.42. The number of aryl methyl sites for hydroxylation is 1. The van der Waals surface area contributed by atoms with Gasteiger partial charge in [0.1, 0.15) is 6.33 Å². The van der Waals surface area contributed by atoms with Gasteiger partial charge in [0.25, 0.3) is 0 Å². The van der Waals surface area contributed by atoms with E-state index in [1.807, 2.05) is 6.20 Å². The van der Waals surface area contributed by atoms with E-state index in [4.69, 9.17) is 0 Å². The summed E-state index contributed by atoms with van der Waals surface area (Å²) in [5, 5.41) is 6.46. The lowest BCUT2D eigenvalue weighted by atomic mass is 10.1. The van der Waals surface area contributed by atoms with Crippen LogP contribution in [0.4, 0.5) is 0 Å². The van der Waals surface area contributed by atoms with Crippen LogP contribution in [0, 0.1) is 6.92 Å². The Morgan fingerprint density at radius 3 is 3.07 bits per heavy atom. The molecule has 14 heavy (non-hydrogen) atoms. The van der Waals surface area contributed by atoms with Crippen molar-refractivity contribution >= 4 is 16.4 Å². The molecule has 0 aliphatic rings. The summed E-state index contributed by atoms with van der Waals surface area (Å²) < 4.78 is 1.79. The highest BCUT2D eigenvalue weighted by Crippen LogP contribution is 2.18. The summed E-state index contributed by atoms with van der Waals surface area (Å²) in [6.45, 7) is 2.09. The summed E-state index contributed by atoms with van der Waals surface area (Å²) in [5.74, 6) is 0. The van der Waals surface area contributed by atoms with E-state index in [1.54, 1.807) is 10.8 Å². The molecule has 1 aromatic carbocycles. The summed E-state index contributed by atoms with van der Waals surface area (Å²) in [6.07, 6.45) is 3.51. The molecular formula is C11H9N3. The van der Waals surface area contributed by atoms with Crippen LogP contribution in [0.3, 0.4) is 0 Å². The van der Waals surface area contributed by atoms with Crippen molar-refractivity contribution in [3.63, 3.8) is 0 Å². The second kappa shape index (κ2) is 2.54. The Labute approximate surface area is 81.0 Å². The van der Waals surface area contributed by atoms with E-state index in [2.05, 4.69) is 41.3 Å². The number of fused-ring (bicyclic) bond motifs is 3. The molecule has 0 N–H and O–H groups in total. The van der Waals surface area contributed by atoms with Crippen LogP contribution in [0.25, 0.3) is 16.4 Å². The Morgan fingerprint density at radius 2 is 2.14 bits per heavy atom. The van der Waals surface area contributed by atoms with Gasteiger partial charge >= 0.3 is 0 Å². The van der Waals surface area contributed by atoms with E-state index >= 15 is 0 Å². The summed E-state index contributed by atoms with van der Waals surface area (Å²) in [5.41, 5.74) is 2.18. The zero-order valence-electron chi connectivity index (χ0n) is 7.81. The van der Waals surface area contributed by atoms with Crippen molar-refractivity contribution in [1.82, 2.24) is 14.6 Å². The van der Waals surface area contributed by atoms with Crippen LogP contribution < -0.4 is 0 Å². The molecule has 0 aliphatic heterocycles. The smallest absolute Gasteiger partial charge is 0.163 e. The SMILES string of the molecule is Cc1ccc2c(ccn3ncnc23)c1. The molecule has 3 aromatic rings. The first-order valence-corrected chi connectivity index (χ1v) is 4.53. The Morgan fingerprint density at radius 1 is 1.21 bits per heavy atom. The van der Waals surface area contributed by atoms with Gasteiger partial charge < -0.3 is 0 Å². The molecule has 0 amide bonds. The van der Waals surface area contributed by atoms with Gasteiger partial charge in [0.2, 0.25) is 0 Å². The van der Waals surface area contributed by atoms with Gasteiger partial charge in [-0.3, -0.25) is 0 Å². The molecule has 0 saturated heterocycles. The first kappa shape index (κ1) is 7.50. The number of pyridine rings is 1. The molecule has 0 spiro atoms. The number of rotatable bonds is 0. The molecule has 0 saturated carbocycles. The standard InChI is InChI=1S/C11H9N3/c1-8-2-3-10-9(6-8)4-5-14-11(10)12-7-13-14/h2-7H,1H3. The monoisotopic (exact) mass is 183 g/mol. The molecule has 3 rings (SSSR count). The number of hydrogen-bond donors (Lipinski definition) is 0. The third kappa shape index (κ3) is 0.923. The molecule has 0 fully saturated rings. The molecule has 3 nitrogen and oxygen atoms in total. The van der Waals surface area contributed by atoms with Gasteiger partial charge in [-0.25, -0.2) is 9.50 Å². The van der Waals surface area contributed by atoms with Gasteiger partial charge in [-0.2, -0.15) is 5.10 Å². The van der Waals surface area contributed by atoms with Gasteiger partial charge in [-0.05, 0) is 18.4 Å². The number of nitrogens with zero attached hydrogens (tertiary/aromatic N) is 3. The molecule has 68 valence electrons. The second-order valence-corrected chi connectivity index (χ2v) is 3.43. The Hall–Kier alpha value is -1.90. The van der Waals surface area contributed by atoms with Gasteiger partial charge in [0, 0.05) is 11.6 Å². The molecular weight excluding hydrogens is 174 g/mol. The van der Waals surface area contributed by atoms with Crippen molar-refractivity contribution in [2.75, 3.05) is 0 Å². The molecule has 0 radical (unpaired) electrons. The van der Waals surface area contributed by atoms with E-state index in [-0.39, 0.29) is 0 Å². The van der Waals surface area contributed by atoms with Crippen LogP contribution in [-0.2, 0) is 0 Å². The summed E-state index contributed by atoms with van der Waals surface area (Å²) in [4.78, 5) is 4.23. The fourth-order valence-electron chi connectivity index (χ4n) is 1.73. The fourth-order valence-corrected chi connectivity index (χ4v) is 1.73. The summed E-state index contributed by atoms with van der Waals surface area (Å²) in [7, 11) is 0. The highest BCUT2D eigenvalue weighted by molar-refractivity contribution is 5.93. The van der Waals surface area contributed by atoms with E-state index in [0.29, 0.717) is 0 Å². The summed E-state index contributed by atoms with van der Waals surface area (Å²) in [6, 6.07) is 8.40. The average Bonchev–Trinajstić information content (AvgIpc) is 2.65. The van der Waals surface area contributed by atoms with Crippen LogP contribution >= 0.6 is 0 Å². The molecule has 2 aromatic heterocycles. The van der Waals surface area contributed by atoms with Crippen molar-refractivity contribution in [3.05, 3.63) is 42.4 Å². The fraction of sp³-hybridized carbons (Fsp3) is 0.0909. The predicted octanol–water partition coefficient (Wildman–Crippen LogP) is 2.19. The first-order chi connectivity index (χ1) is 6.84. The third-order valence-electron chi connectivity index (χ3n) is 2.42. The van der Waals surface area contributed by atoms with E-state index in [1.165, 1.54) is 10.9 Å². The quantitative estimate of drug-likeness (QED) is 0.534. The largest absolute Gasteiger partial charge is 0.221 e. The number of aromatic nitrogens is 3. The normalized spacial score (nSPS) is 11.2. The van der Waals surface area contributed by atoms with Crippen molar-refractivity contribution in [1.29, 1.82) is 0 Å². The molecule has 0 bridgehead atoms. The van der Waals surface area contributed by atoms with Crippen molar-refractivity contribution in [2.24, 2.45) is 0 Å². The van der Waals surface area contributed by atoms with Crippen molar-refractivity contribution < 1.29 is 0 Å². The second-order valence-electron chi connectivity index (χ2n) is 3.43. The number of benzene rings is 1. The molecule has 0 atom stereocenters. The minimum absolute atomic E-state index is 0.919. The highest BCUT2D eigenvalue weighted by atomic mass is 15.3. The summed E-state index contributed by atoms with van der Waals surface area (Å²) >= 11 is 0. The van der Waals surface area contributed by atoms with E-state index in [0.717, 1.165) is 11.0 Å². The Balaban J connectivity index is 2.57. The first-order valence-electron chi connectivity index (χ1n) is 4.53. The Bertz CT molecular complexity index is 610. The van der Waals surface area contributed by atoms with Crippen LogP contribution in [0.1, 0.15) is 5.56 Å². The maximum Gasteiger partial charge on any atom is 0.163 e. The van der Waals surface area contributed by atoms with Crippen LogP contribution in [-0.4, -0.2) is 14.6 Å². The Kier molecular flexibility index (Phi) is 1.36. The predicted molar refractivity (Wildman–Crippen MR) is 55.2 cm³/mol. The highest BCUT2D eigenvalue weighted by Gasteiger charge is 2.01. The minimum atomic E-state index is 0.919. The van der Waals surface area contributed by atoms with Crippen molar-refractivity contribution in [2.45, 2.75) is 6.92 Å². The number of hydrogen-bond acceptors (Lipinski definition) is 2. The lowest BCUT2D eigenvalue weighted by Crippen LogP contribution is -1.87. The van der Waals surface area contributed by atoms with Gasteiger partial charge in [0.15, 0.2) is 5.65 Å². The van der Waals surface area contributed by atoms with Gasteiger partial charge in [-0.15, -0.1) is 0 Å². The van der Waals surface area contributed by atoms with Gasteiger partial charge in [-0.1, -0.05) is 23.8 Å². The van der Waals surface area contributed by atoms with Crippen LogP contribution in [0.2, 0.25) is 0 Å². The lowest BCUT2D eigenvalue weighted by molar-refractivity contribution is 0.966. The molecule has 0 aliphatic carbocycles. The lowest BCUT2D eigenvalue weighted by Gasteiger charge is -2.00. The topological polar surface area (TPSA) is 30.2 Å². The zero-order valence-corrected chi connectivity index (χ0v) is 7.81.